The highest BCUT2D eigenvalue weighted by Crippen LogP contribution is 2.31. The number of carbonyl (C=O) groups excluding carboxylic acids is 2. The minimum absolute atomic E-state index is 0.170. The highest BCUT2D eigenvalue weighted by atomic mass is 35.5. The third kappa shape index (κ3) is 5.02. The number of nitrogens with one attached hydrogen (secondary N) is 2. The second-order valence-electron chi connectivity index (χ2n) is 5.22. The molecule has 27 heavy (non-hydrogen) atoms. The Labute approximate surface area is 160 Å². The summed E-state index contributed by atoms with van der Waals surface area (Å²) in [6, 6.07) is 7.44. The first-order valence-corrected chi connectivity index (χ1v) is 9.41. The van der Waals surface area contributed by atoms with Gasteiger partial charge in [-0.2, -0.15) is 0 Å². The van der Waals surface area contributed by atoms with E-state index in [2.05, 4.69) is 10.0 Å². The van der Waals surface area contributed by atoms with Crippen molar-refractivity contribution in [1.29, 1.82) is 0 Å². The molecule has 0 radical (unpaired) electrons. The third-order valence-electron chi connectivity index (χ3n) is 3.25. The first-order valence-electron chi connectivity index (χ1n) is 7.55. The number of hydrogen-bond acceptors (Lipinski definition) is 6. The predicted octanol–water partition coefficient (Wildman–Crippen LogP) is 2.05. The van der Waals surface area contributed by atoms with E-state index in [1.54, 1.807) is 6.92 Å². The third-order valence-corrected chi connectivity index (χ3v) is 4.90. The van der Waals surface area contributed by atoms with Crippen molar-refractivity contribution in [3.05, 3.63) is 47.0 Å². The summed E-state index contributed by atoms with van der Waals surface area (Å²) in [7, 11) is -4.13. The monoisotopic (exact) mass is 413 g/mol. The van der Waals surface area contributed by atoms with E-state index in [9.17, 15) is 23.1 Å². The van der Waals surface area contributed by atoms with Crippen molar-refractivity contribution in [2.24, 2.45) is 5.73 Å². The molecule has 9 nitrogen and oxygen atoms in total. The van der Waals surface area contributed by atoms with Crippen LogP contribution < -0.4 is 20.5 Å². The predicted molar refractivity (Wildman–Crippen MR) is 98.6 cm³/mol. The SMILES string of the molecule is CCNC(=O)Oc1ccc(NS(=O)(=O)c2cc(Cl)c(O)c(C(N)=O)c2)cc1. The molecule has 5 N–H and O–H groups in total. The Morgan fingerprint density at radius 3 is 2.41 bits per heavy atom. The van der Waals surface area contributed by atoms with Gasteiger partial charge in [-0.05, 0) is 43.3 Å². The van der Waals surface area contributed by atoms with Crippen molar-refractivity contribution in [3.8, 4) is 11.5 Å². The topological polar surface area (TPSA) is 148 Å². The van der Waals surface area contributed by atoms with Gasteiger partial charge in [-0.15, -0.1) is 0 Å². The molecular weight excluding hydrogens is 398 g/mol. The van der Waals surface area contributed by atoms with Crippen LogP contribution >= 0.6 is 11.6 Å². The van der Waals surface area contributed by atoms with Gasteiger partial charge in [0.15, 0.2) is 0 Å². The van der Waals surface area contributed by atoms with E-state index >= 15 is 0 Å². The van der Waals surface area contributed by atoms with Gasteiger partial charge in [0.25, 0.3) is 15.9 Å². The molecule has 144 valence electrons. The summed E-state index contributed by atoms with van der Waals surface area (Å²) in [5.41, 5.74) is 4.85. The number of rotatable bonds is 6. The van der Waals surface area contributed by atoms with Gasteiger partial charge in [0, 0.05) is 12.2 Å². The fourth-order valence-corrected chi connectivity index (χ4v) is 3.40. The standard InChI is InChI=1S/C16H16ClN3O6S/c1-2-19-16(23)26-10-5-3-9(4-6-10)20-27(24,25)11-7-12(15(18)22)14(21)13(17)8-11/h3-8,20-21H,2H2,1H3,(H2,18,22)(H,19,23). The molecule has 0 saturated carbocycles. The maximum atomic E-state index is 12.5. The Balaban J connectivity index is 2.24. The molecule has 0 heterocycles. The summed E-state index contributed by atoms with van der Waals surface area (Å²) in [6.07, 6.45) is -0.636. The summed E-state index contributed by atoms with van der Waals surface area (Å²) in [6.45, 7) is 2.14. The van der Waals surface area contributed by atoms with Crippen molar-refractivity contribution >= 4 is 39.3 Å². The molecule has 2 aromatic carbocycles. The number of carbonyl (C=O) groups is 2. The summed E-state index contributed by atoms with van der Waals surface area (Å²) in [5.74, 6) is -1.42. The van der Waals surface area contributed by atoms with E-state index in [1.807, 2.05) is 0 Å². The van der Waals surface area contributed by atoms with Crippen LogP contribution in [0.3, 0.4) is 0 Å². The lowest BCUT2D eigenvalue weighted by Gasteiger charge is -2.11. The van der Waals surface area contributed by atoms with E-state index in [0.717, 1.165) is 12.1 Å². The summed E-state index contributed by atoms with van der Waals surface area (Å²) in [5, 5.41) is 11.8. The van der Waals surface area contributed by atoms with Gasteiger partial charge in [-0.1, -0.05) is 11.6 Å². The Kier molecular flexibility index (Phi) is 6.13. The quantitative estimate of drug-likeness (QED) is 0.569. The van der Waals surface area contributed by atoms with Crippen molar-refractivity contribution in [1.82, 2.24) is 5.32 Å². The highest BCUT2D eigenvalue weighted by Gasteiger charge is 2.21. The number of halogens is 1. The number of ether oxygens (including phenoxy) is 1. The van der Waals surface area contributed by atoms with Crippen molar-refractivity contribution in [3.63, 3.8) is 0 Å². The largest absolute Gasteiger partial charge is 0.506 e. The minimum atomic E-state index is -4.13. The zero-order chi connectivity index (χ0) is 20.2. The number of anilines is 1. The second kappa shape index (κ2) is 8.14. The lowest BCUT2D eigenvalue weighted by molar-refractivity contribution is 0.0997. The van der Waals surface area contributed by atoms with Gasteiger partial charge in [-0.25, -0.2) is 13.2 Å². The lowest BCUT2D eigenvalue weighted by Crippen LogP contribution is -2.26. The number of nitrogens with two attached hydrogens (primary N) is 1. The first-order chi connectivity index (χ1) is 12.6. The van der Waals surface area contributed by atoms with Gasteiger partial charge >= 0.3 is 6.09 Å². The number of primary amides is 1. The Morgan fingerprint density at radius 1 is 1.22 bits per heavy atom. The van der Waals surface area contributed by atoms with Crippen LogP contribution in [0, 0.1) is 0 Å². The van der Waals surface area contributed by atoms with Crippen LogP contribution in [0.1, 0.15) is 17.3 Å². The fourth-order valence-electron chi connectivity index (χ4n) is 2.01. The molecule has 0 aromatic heterocycles. The van der Waals surface area contributed by atoms with Crippen LogP contribution in [-0.4, -0.2) is 32.1 Å². The molecule has 0 aliphatic heterocycles. The van der Waals surface area contributed by atoms with Crippen LogP contribution in [0.4, 0.5) is 10.5 Å². The average molecular weight is 414 g/mol. The number of hydrogen-bond donors (Lipinski definition) is 4. The van der Waals surface area contributed by atoms with Crippen molar-refractivity contribution in [2.75, 3.05) is 11.3 Å². The number of benzene rings is 2. The number of aromatic hydroxyl groups is 1. The van der Waals surface area contributed by atoms with E-state index in [0.29, 0.717) is 6.54 Å². The zero-order valence-electron chi connectivity index (χ0n) is 14.0. The molecule has 0 bridgehead atoms. The Hall–Kier alpha value is -2.98. The van der Waals surface area contributed by atoms with Gasteiger partial charge < -0.3 is 20.9 Å². The van der Waals surface area contributed by atoms with E-state index in [1.165, 1.54) is 24.3 Å². The van der Waals surface area contributed by atoms with Crippen molar-refractivity contribution < 1.29 is 27.9 Å². The van der Waals surface area contributed by atoms with E-state index in [4.69, 9.17) is 22.1 Å². The maximum absolute atomic E-state index is 12.5. The molecule has 2 amide bonds. The molecule has 2 rings (SSSR count). The van der Waals surface area contributed by atoms with Crippen LogP contribution in [-0.2, 0) is 10.0 Å². The number of amides is 2. The van der Waals surface area contributed by atoms with Gasteiger partial charge in [0.1, 0.15) is 11.5 Å². The molecule has 0 saturated heterocycles. The van der Waals surface area contributed by atoms with Gasteiger partial charge in [-0.3, -0.25) is 9.52 Å². The molecule has 2 aromatic rings. The van der Waals surface area contributed by atoms with Crippen LogP contribution in [0.15, 0.2) is 41.3 Å². The average Bonchev–Trinajstić information content (AvgIpc) is 2.58. The van der Waals surface area contributed by atoms with Gasteiger partial charge in [0.2, 0.25) is 0 Å². The number of sulfonamides is 1. The molecule has 0 aliphatic rings. The van der Waals surface area contributed by atoms with E-state index in [-0.39, 0.29) is 21.4 Å². The van der Waals surface area contributed by atoms with Crippen LogP contribution in [0.5, 0.6) is 11.5 Å². The molecule has 0 fully saturated rings. The van der Waals surface area contributed by atoms with Crippen LogP contribution in [0.25, 0.3) is 0 Å². The Bertz CT molecular complexity index is 976. The summed E-state index contributed by atoms with van der Waals surface area (Å²) < 4.78 is 32.2. The molecule has 11 heteroatoms. The highest BCUT2D eigenvalue weighted by molar-refractivity contribution is 7.92. The van der Waals surface area contributed by atoms with E-state index < -0.39 is 33.3 Å². The second-order valence-corrected chi connectivity index (χ2v) is 7.30. The van der Waals surface area contributed by atoms with Crippen LogP contribution in [0.2, 0.25) is 5.02 Å². The minimum Gasteiger partial charge on any atom is -0.506 e. The molecule has 0 aliphatic carbocycles. The van der Waals surface area contributed by atoms with Gasteiger partial charge in [0.05, 0.1) is 15.5 Å². The maximum Gasteiger partial charge on any atom is 0.412 e. The first kappa shape index (κ1) is 20.3. The molecular formula is C16H16ClN3O6S. The molecule has 0 unspecified atom stereocenters. The smallest absolute Gasteiger partial charge is 0.412 e. The molecule has 0 atom stereocenters. The fraction of sp³-hybridized carbons (Fsp3) is 0.125. The normalized spacial score (nSPS) is 10.9. The Morgan fingerprint density at radius 2 is 1.85 bits per heavy atom. The lowest BCUT2D eigenvalue weighted by atomic mass is 10.2. The number of phenols is 1. The summed E-state index contributed by atoms with van der Waals surface area (Å²) in [4.78, 5) is 22.3. The molecule has 0 spiro atoms. The zero-order valence-corrected chi connectivity index (χ0v) is 15.6. The van der Waals surface area contributed by atoms with Crippen molar-refractivity contribution in [2.45, 2.75) is 11.8 Å². The summed E-state index contributed by atoms with van der Waals surface area (Å²) >= 11 is 5.76.